The van der Waals surface area contributed by atoms with Gasteiger partial charge in [-0.25, -0.2) is 0 Å². The molecule has 2 heteroatoms. The molecule has 2 rings (SSSR count). The van der Waals surface area contributed by atoms with Crippen LogP contribution in [0.1, 0.15) is 64.3 Å². The van der Waals surface area contributed by atoms with E-state index in [1.54, 1.807) is 0 Å². The molecule has 0 fully saturated rings. The van der Waals surface area contributed by atoms with Crippen molar-refractivity contribution in [2.24, 2.45) is 0 Å². The lowest BCUT2D eigenvalue weighted by Gasteiger charge is -2.30. The summed E-state index contributed by atoms with van der Waals surface area (Å²) in [6.07, 6.45) is 0. The van der Waals surface area contributed by atoms with Crippen LogP contribution in [0.5, 0.6) is 0 Å². The Morgan fingerprint density at radius 1 is 0.840 bits per heavy atom. The Kier molecular flexibility index (Phi) is 5.28. The van der Waals surface area contributed by atoms with Crippen molar-refractivity contribution in [3.63, 3.8) is 0 Å². The van der Waals surface area contributed by atoms with Gasteiger partial charge >= 0.3 is 0 Å². The van der Waals surface area contributed by atoms with Gasteiger partial charge in [0.05, 0.1) is 6.07 Å². The summed E-state index contributed by atoms with van der Waals surface area (Å²) < 4.78 is 0. The van der Waals surface area contributed by atoms with Crippen LogP contribution in [0, 0.1) is 11.3 Å². The lowest BCUT2D eigenvalue weighted by Crippen LogP contribution is -2.25. The minimum absolute atomic E-state index is 0.0430. The van der Waals surface area contributed by atoms with Crippen molar-refractivity contribution in [2.75, 3.05) is 11.9 Å². The van der Waals surface area contributed by atoms with E-state index in [0.717, 1.165) is 11.3 Å². The number of nitrogens with zero attached hydrogens (tertiary/aromatic N) is 2. The predicted octanol–water partition coefficient (Wildman–Crippen LogP) is 5.98. The van der Waals surface area contributed by atoms with Crippen molar-refractivity contribution in [3.8, 4) is 6.07 Å². The first kappa shape index (κ1) is 19.1. The highest BCUT2D eigenvalue weighted by molar-refractivity contribution is 5.51. The number of nitriles is 1. The first-order valence-electron chi connectivity index (χ1n) is 8.87. The lowest BCUT2D eigenvalue weighted by molar-refractivity contribution is 0.565. The average molecular weight is 335 g/mol. The number of hydrogen-bond acceptors (Lipinski definition) is 2. The molecule has 0 heterocycles. The van der Waals surface area contributed by atoms with E-state index in [1.807, 2.05) is 42.3 Å². The van der Waals surface area contributed by atoms with Crippen LogP contribution in [0.4, 0.5) is 5.69 Å². The number of para-hydroxylation sites is 1. The van der Waals surface area contributed by atoms with Gasteiger partial charge in [0.15, 0.2) is 0 Å². The number of rotatable bonds is 3. The highest BCUT2D eigenvalue weighted by Crippen LogP contribution is 2.34. The maximum atomic E-state index is 9.91. The molecule has 1 atom stereocenters. The van der Waals surface area contributed by atoms with E-state index < -0.39 is 0 Å². The maximum absolute atomic E-state index is 9.91. The maximum Gasteiger partial charge on any atom is 0.142 e. The van der Waals surface area contributed by atoms with E-state index in [4.69, 9.17) is 0 Å². The van der Waals surface area contributed by atoms with Crippen LogP contribution in [0.2, 0.25) is 0 Å². The quantitative estimate of drug-likeness (QED) is 0.690. The zero-order valence-electron chi connectivity index (χ0n) is 16.6. The molecule has 0 aliphatic rings. The first-order chi connectivity index (χ1) is 11.5. The topological polar surface area (TPSA) is 27.0 Å². The van der Waals surface area contributed by atoms with Crippen molar-refractivity contribution < 1.29 is 0 Å². The fourth-order valence-corrected chi connectivity index (χ4v) is 2.87. The van der Waals surface area contributed by atoms with Gasteiger partial charge in [-0.1, -0.05) is 77.9 Å². The number of hydrogen-bond donors (Lipinski definition) is 0. The lowest BCUT2D eigenvalue weighted by atomic mass is 9.79. The Bertz CT molecular complexity index is 723. The van der Waals surface area contributed by atoms with Crippen LogP contribution in [0.25, 0.3) is 0 Å². The second-order valence-corrected chi connectivity index (χ2v) is 8.82. The summed E-state index contributed by atoms with van der Waals surface area (Å²) in [5.74, 6) is 0. The third-order valence-corrected chi connectivity index (χ3v) is 4.68. The standard InChI is InChI=1S/C23H30N2/c1-22(2,3)18-13-17(14-19(15-18)23(4,5)6)21(16-24)25(7)20-11-9-8-10-12-20/h8-15,21H,1-7H3/t21-/m0/s1. The summed E-state index contributed by atoms with van der Waals surface area (Å²) in [7, 11) is 1.99. The molecule has 2 aromatic rings. The second kappa shape index (κ2) is 6.92. The molecule has 0 aliphatic heterocycles. The van der Waals surface area contributed by atoms with E-state index in [2.05, 4.69) is 65.8 Å². The smallest absolute Gasteiger partial charge is 0.142 e. The SMILES string of the molecule is CN(c1ccccc1)[C@@H](C#N)c1cc(C(C)(C)C)cc(C(C)(C)C)c1. The normalized spacial score (nSPS) is 13.2. The van der Waals surface area contributed by atoms with E-state index in [-0.39, 0.29) is 16.9 Å². The number of anilines is 1. The Morgan fingerprint density at radius 3 is 1.72 bits per heavy atom. The molecule has 0 saturated carbocycles. The number of benzene rings is 2. The minimum atomic E-state index is -0.314. The van der Waals surface area contributed by atoms with Crippen LogP contribution >= 0.6 is 0 Å². The zero-order valence-corrected chi connectivity index (χ0v) is 16.6. The molecule has 132 valence electrons. The molecule has 0 unspecified atom stereocenters. The first-order valence-corrected chi connectivity index (χ1v) is 8.87. The van der Waals surface area contributed by atoms with Crippen LogP contribution in [-0.4, -0.2) is 7.05 Å². The summed E-state index contributed by atoms with van der Waals surface area (Å²) in [5.41, 5.74) is 4.75. The van der Waals surface area contributed by atoms with Gasteiger partial charge in [-0.15, -0.1) is 0 Å². The Morgan fingerprint density at radius 2 is 1.32 bits per heavy atom. The molecule has 0 amide bonds. The minimum Gasteiger partial charge on any atom is -0.355 e. The van der Waals surface area contributed by atoms with E-state index in [1.165, 1.54) is 11.1 Å². The second-order valence-electron chi connectivity index (χ2n) is 8.82. The van der Waals surface area contributed by atoms with Crippen LogP contribution in [0.3, 0.4) is 0 Å². The highest BCUT2D eigenvalue weighted by Gasteiger charge is 2.24. The molecular formula is C23H30N2. The van der Waals surface area contributed by atoms with Gasteiger partial charge in [-0.3, -0.25) is 0 Å². The summed E-state index contributed by atoms with van der Waals surface area (Å²) in [5, 5.41) is 9.91. The molecule has 0 aromatic heterocycles. The van der Waals surface area contributed by atoms with Crippen molar-refractivity contribution >= 4 is 5.69 Å². The molecule has 2 aromatic carbocycles. The summed E-state index contributed by atoms with van der Waals surface area (Å²) >= 11 is 0. The van der Waals surface area contributed by atoms with Gasteiger partial charge in [0.1, 0.15) is 6.04 Å². The highest BCUT2D eigenvalue weighted by atomic mass is 15.1. The molecule has 25 heavy (non-hydrogen) atoms. The molecular weight excluding hydrogens is 304 g/mol. The van der Waals surface area contributed by atoms with E-state index >= 15 is 0 Å². The third-order valence-electron chi connectivity index (χ3n) is 4.68. The molecule has 0 spiro atoms. The van der Waals surface area contributed by atoms with Gasteiger partial charge in [0.2, 0.25) is 0 Å². The molecule has 0 saturated heterocycles. The van der Waals surface area contributed by atoms with Gasteiger partial charge < -0.3 is 4.90 Å². The summed E-state index contributed by atoms with van der Waals surface area (Å²) in [6, 6.07) is 19.0. The van der Waals surface area contributed by atoms with Crippen molar-refractivity contribution in [2.45, 2.75) is 58.4 Å². The molecule has 0 N–H and O–H groups in total. The summed E-state index contributed by atoms with van der Waals surface area (Å²) in [4.78, 5) is 2.05. The molecule has 0 radical (unpaired) electrons. The fourth-order valence-electron chi connectivity index (χ4n) is 2.87. The van der Waals surface area contributed by atoms with Crippen molar-refractivity contribution in [1.29, 1.82) is 5.26 Å². The van der Waals surface area contributed by atoms with Gasteiger partial charge in [0, 0.05) is 12.7 Å². The monoisotopic (exact) mass is 334 g/mol. The van der Waals surface area contributed by atoms with E-state index in [0.29, 0.717) is 0 Å². The third kappa shape index (κ3) is 4.42. The fraction of sp³-hybridized carbons (Fsp3) is 0.435. The molecule has 0 aliphatic carbocycles. The largest absolute Gasteiger partial charge is 0.355 e. The van der Waals surface area contributed by atoms with Gasteiger partial charge in [-0.2, -0.15) is 5.26 Å². The zero-order chi connectivity index (χ0) is 18.8. The van der Waals surface area contributed by atoms with Crippen LogP contribution in [0.15, 0.2) is 48.5 Å². The van der Waals surface area contributed by atoms with Crippen molar-refractivity contribution in [1.82, 2.24) is 0 Å². The Labute approximate surface area is 153 Å². The van der Waals surface area contributed by atoms with Crippen LogP contribution < -0.4 is 4.90 Å². The Hall–Kier alpha value is -2.27. The van der Waals surface area contributed by atoms with Gasteiger partial charge in [0.25, 0.3) is 0 Å². The van der Waals surface area contributed by atoms with Crippen molar-refractivity contribution in [3.05, 3.63) is 65.2 Å². The molecule has 2 nitrogen and oxygen atoms in total. The van der Waals surface area contributed by atoms with E-state index in [9.17, 15) is 5.26 Å². The van der Waals surface area contributed by atoms with Crippen LogP contribution in [-0.2, 0) is 10.8 Å². The predicted molar refractivity (Wildman–Crippen MR) is 107 cm³/mol. The summed E-state index contributed by atoms with van der Waals surface area (Å²) in [6.45, 7) is 13.3. The van der Waals surface area contributed by atoms with Gasteiger partial charge in [-0.05, 0) is 39.7 Å². The molecule has 0 bridgehead atoms. The Balaban J connectivity index is 2.57. The average Bonchev–Trinajstić information content (AvgIpc) is 2.54.